The summed E-state index contributed by atoms with van der Waals surface area (Å²) in [7, 11) is 3.67. The summed E-state index contributed by atoms with van der Waals surface area (Å²) in [6.45, 7) is 6.32. The van der Waals surface area contributed by atoms with Gasteiger partial charge in [-0.1, -0.05) is 18.2 Å². The van der Waals surface area contributed by atoms with Gasteiger partial charge in [0.15, 0.2) is 0 Å². The molecule has 0 heterocycles. The molecule has 1 N–H and O–H groups in total. The van der Waals surface area contributed by atoms with Crippen LogP contribution in [0, 0.1) is 13.8 Å². The van der Waals surface area contributed by atoms with Gasteiger partial charge in [0.2, 0.25) is 0 Å². The van der Waals surface area contributed by atoms with Crippen LogP contribution in [0.3, 0.4) is 0 Å². The standard InChI is InChI=1S/C15H25NO2/c1-12-5-6-14(9-13(12)2)10-15(16-3)11-18-8-7-17-4/h5-6,9,15-16H,7-8,10-11H2,1-4H3. The molecule has 3 heteroatoms. The molecule has 0 aliphatic rings. The highest BCUT2D eigenvalue weighted by atomic mass is 16.5. The van der Waals surface area contributed by atoms with E-state index in [0.29, 0.717) is 25.9 Å². The number of hydrogen-bond acceptors (Lipinski definition) is 3. The first kappa shape index (κ1) is 15.2. The summed E-state index contributed by atoms with van der Waals surface area (Å²) in [5.74, 6) is 0. The summed E-state index contributed by atoms with van der Waals surface area (Å²) in [4.78, 5) is 0. The fourth-order valence-corrected chi connectivity index (χ4v) is 1.83. The maximum atomic E-state index is 5.57. The van der Waals surface area contributed by atoms with Crippen LogP contribution in [0.5, 0.6) is 0 Å². The Morgan fingerprint density at radius 3 is 2.56 bits per heavy atom. The minimum absolute atomic E-state index is 0.351. The Hall–Kier alpha value is -0.900. The molecule has 0 saturated carbocycles. The normalized spacial score (nSPS) is 12.7. The van der Waals surface area contributed by atoms with E-state index in [1.165, 1.54) is 16.7 Å². The van der Waals surface area contributed by atoms with Crippen molar-refractivity contribution < 1.29 is 9.47 Å². The van der Waals surface area contributed by atoms with E-state index in [0.717, 1.165) is 6.42 Å². The van der Waals surface area contributed by atoms with Gasteiger partial charge in [-0.05, 0) is 44.0 Å². The van der Waals surface area contributed by atoms with Crippen molar-refractivity contribution in [3.63, 3.8) is 0 Å². The Balaban J connectivity index is 2.44. The zero-order valence-corrected chi connectivity index (χ0v) is 12.0. The second-order valence-corrected chi connectivity index (χ2v) is 4.68. The summed E-state index contributed by atoms with van der Waals surface area (Å²) in [5, 5.41) is 3.30. The summed E-state index contributed by atoms with van der Waals surface area (Å²) in [5.41, 5.74) is 4.05. The number of aryl methyl sites for hydroxylation is 2. The quantitative estimate of drug-likeness (QED) is 0.718. The molecule has 0 aliphatic heterocycles. The van der Waals surface area contributed by atoms with Gasteiger partial charge in [0.1, 0.15) is 0 Å². The second-order valence-electron chi connectivity index (χ2n) is 4.68. The number of ether oxygens (including phenoxy) is 2. The molecule has 0 bridgehead atoms. The van der Waals surface area contributed by atoms with Crippen LogP contribution >= 0.6 is 0 Å². The first-order valence-electron chi connectivity index (χ1n) is 6.47. The Morgan fingerprint density at radius 2 is 1.94 bits per heavy atom. The predicted molar refractivity (Wildman–Crippen MR) is 75.2 cm³/mol. The molecule has 0 aromatic heterocycles. The maximum Gasteiger partial charge on any atom is 0.0701 e. The van der Waals surface area contributed by atoms with E-state index in [-0.39, 0.29) is 0 Å². The molecule has 1 aromatic carbocycles. The summed E-state index contributed by atoms with van der Waals surface area (Å²) < 4.78 is 10.5. The smallest absolute Gasteiger partial charge is 0.0701 e. The molecule has 1 unspecified atom stereocenters. The average Bonchev–Trinajstić information content (AvgIpc) is 2.37. The van der Waals surface area contributed by atoms with Crippen molar-refractivity contribution in [1.29, 1.82) is 0 Å². The number of rotatable bonds is 8. The molecular weight excluding hydrogens is 226 g/mol. The van der Waals surface area contributed by atoms with Gasteiger partial charge in [0.05, 0.1) is 19.8 Å². The molecule has 1 rings (SSSR count). The third-order valence-electron chi connectivity index (χ3n) is 3.21. The van der Waals surface area contributed by atoms with Crippen LogP contribution in [-0.4, -0.2) is 40.0 Å². The van der Waals surface area contributed by atoms with E-state index in [1.807, 2.05) is 7.05 Å². The number of benzene rings is 1. The SMILES string of the molecule is CNC(COCCOC)Cc1ccc(C)c(C)c1. The van der Waals surface area contributed by atoms with Gasteiger partial charge in [-0.25, -0.2) is 0 Å². The van der Waals surface area contributed by atoms with E-state index >= 15 is 0 Å². The lowest BCUT2D eigenvalue weighted by Gasteiger charge is -2.17. The van der Waals surface area contributed by atoms with E-state index in [1.54, 1.807) is 7.11 Å². The van der Waals surface area contributed by atoms with Crippen LogP contribution < -0.4 is 5.32 Å². The van der Waals surface area contributed by atoms with E-state index in [4.69, 9.17) is 9.47 Å². The first-order valence-corrected chi connectivity index (χ1v) is 6.47. The number of likely N-dealkylation sites (N-methyl/N-ethyl adjacent to an activating group) is 1. The molecule has 1 atom stereocenters. The number of nitrogens with one attached hydrogen (secondary N) is 1. The zero-order valence-electron chi connectivity index (χ0n) is 12.0. The lowest BCUT2D eigenvalue weighted by Crippen LogP contribution is -2.33. The van der Waals surface area contributed by atoms with Crippen molar-refractivity contribution in [2.45, 2.75) is 26.3 Å². The summed E-state index contributed by atoms with van der Waals surface area (Å²) >= 11 is 0. The topological polar surface area (TPSA) is 30.5 Å². The molecule has 0 saturated heterocycles. The molecule has 0 amide bonds. The van der Waals surface area contributed by atoms with E-state index in [2.05, 4.69) is 37.4 Å². The molecule has 18 heavy (non-hydrogen) atoms. The lowest BCUT2D eigenvalue weighted by atomic mass is 10.0. The van der Waals surface area contributed by atoms with Crippen LogP contribution in [0.2, 0.25) is 0 Å². The van der Waals surface area contributed by atoms with E-state index in [9.17, 15) is 0 Å². The lowest BCUT2D eigenvalue weighted by molar-refractivity contribution is 0.0598. The monoisotopic (exact) mass is 251 g/mol. The Labute approximate surface area is 110 Å². The van der Waals surface area contributed by atoms with Crippen molar-refractivity contribution >= 4 is 0 Å². The van der Waals surface area contributed by atoms with Crippen molar-refractivity contribution in [3.05, 3.63) is 34.9 Å². The Morgan fingerprint density at radius 1 is 1.17 bits per heavy atom. The largest absolute Gasteiger partial charge is 0.382 e. The Bertz CT molecular complexity index is 352. The van der Waals surface area contributed by atoms with Gasteiger partial charge >= 0.3 is 0 Å². The zero-order chi connectivity index (χ0) is 13.4. The average molecular weight is 251 g/mol. The van der Waals surface area contributed by atoms with E-state index < -0.39 is 0 Å². The van der Waals surface area contributed by atoms with Crippen LogP contribution in [0.4, 0.5) is 0 Å². The van der Waals surface area contributed by atoms with Gasteiger partial charge in [-0.2, -0.15) is 0 Å². The second kappa shape index (κ2) is 8.25. The molecular formula is C15H25NO2. The predicted octanol–water partition coefficient (Wildman–Crippen LogP) is 2.10. The molecule has 0 spiro atoms. The number of hydrogen-bond donors (Lipinski definition) is 1. The van der Waals surface area contributed by atoms with Crippen LogP contribution in [0.1, 0.15) is 16.7 Å². The highest BCUT2D eigenvalue weighted by Gasteiger charge is 2.08. The minimum atomic E-state index is 0.351. The van der Waals surface area contributed by atoms with Gasteiger partial charge in [-0.3, -0.25) is 0 Å². The van der Waals surface area contributed by atoms with Crippen molar-refractivity contribution in [2.75, 3.05) is 34.0 Å². The van der Waals surface area contributed by atoms with Crippen LogP contribution in [0.15, 0.2) is 18.2 Å². The van der Waals surface area contributed by atoms with Crippen molar-refractivity contribution in [2.24, 2.45) is 0 Å². The number of methoxy groups -OCH3 is 1. The highest BCUT2D eigenvalue weighted by molar-refractivity contribution is 5.30. The molecule has 0 aliphatic carbocycles. The van der Waals surface area contributed by atoms with Crippen molar-refractivity contribution in [3.8, 4) is 0 Å². The first-order chi connectivity index (χ1) is 8.67. The molecule has 1 aromatic rings. The fraction of sp³-hybridized carbons (Fsp3) is 0.600. The van der Waals surface area contributed by atoms with Gasteiger partial charge in [0, 0.05) is 13.2 Å². The molecule has 0 radical (unpaired) electrons. The highest BCUT2D eigenvalue weighted by Crippen LogP contribution is 2.11. The molecule has 0 fully saturated rings. The Kier molecular flexibility index (Phi) is 6.94. The third kappa shape index (κ3) is 5.17. The summed E-state index contributed by atoms with van der Waals surface area (Å²) in [6.07, 6.45) is 0.991. The van der Waals surface area contributed by atoms with Crippen LogP contribution in [0.25, 0.3) is 0 Å². The van der Waals surface area contributed by atoms with Crippen LogP contribution in [-0.2, 0) is 15.9 Å². The van der Waals surface area contributed by atoms with Crippen molar-refractivity contribution in [1.82, 2.24) is 5.32 Å². The minimum Gasteiger partial charge on any atom is -0.382 e. The van der Waals surface area contributed by atoms with Gasteiger partial charge in [0.25, 0.3) is 0 Å². The fourth-order valence-electron chi connectivity index (χ4n) is 1.83. The summed E-state index contributed by atoms with van der Waals surface area (Å²) in [6, 6.07) is 6.99. The third-order valence-corrected chi connectivity index (χ3v) is 3.21. The van der Waals surface area contributed by atoms with Gasteiger partial charge < -0.3 is 14.8 Å². The molecule has 102 valence electrons. The maximum absolute atomic E-state index is 5.57. The van der Waals surface area contributed by atoms with Gasteiger partial charge in [-0.15, -0.1) is 0 Å². The molecule has 3 nitrogen and oxygen atoms in total.